The van der Waals surface area contributed by atoms with Crippen LogP contribution in [-0.2, 0) is 4.79 Å². The smallest absolute Gasteiger partial charge is 0.231 e. The van der Waals surface area contributed by atoms with E-state index in [-0.39, 0.29) is 37.5 Å². The molecule has 3 heterocycles. The number of rotatable bonds is 2. The molecule has 6 rings (SSSR count). The lowest BCUT2D eigenvalue weighted by Crippen LogP contribution is -2.50. The van der Waals surface area contributed by atoms with E-state index in [1.54, 1.807) is 0 Å². The number of piperidine rings is 1. The fourth-order valence-electron chi connectivity index (χ4n) is 5.08. The number of hydrogen-bond donors (Lipinski definition) is 1. The molecule has 2 fully saturated rings. The Morgan fingerprint density at radius 1 is 0.714 bits per heavy atom. The summed E-state index contributed by atoms with van der Waals surface area (Å²) < 4.78 is 22.0. The first-order valence-electron chi connectivity index (χ1n) is 9.87. The Morgan fingerprint density at radius 3 is 1.75 bits per heavy atom. The summed E-state index contributed by atoms with van der Waals surface area (Å²) in [6.07, 6.45) is 2.93. The highest BCUT2D eigenvalue weighted by atomic mass is 16.7. The van der Waals surface area contributed by atoms with E-state index in [0.29, 0.717) is 5.78 Å². The number of carbonyl (C=O) groups is 1. The molecular formula is C22H21NO5. The van der Waals surface area contributed by atoms with Gasteiger partial charge in [-0.05, 0) is 48.2 Å². The fraction of sp³-hybridized carbons (Fsp3) is 0.409. The maximum Gasteiger partial charge on any atom is 0.231 e. The van der Waals surface area contributed by atoms with Crippen molar-refractivity contribution in [3.63, 3.8) is 0 Å². The highest BCUT2D eigenvalue weighted by Gasteiger charge is 2.46. The predicted octanol–water partition coefficient (Wildman–Crippen LogP) is 3.52. The molecular weight excluding hydrogens is 358 g/mol. The summed E-state index contributed by atoms with van der Waals surface area (Å²) in [6.45, 7) is 0.502. The summed E-state index contributed by atoms with van der Waals surface area (Å²) in [6, 6.07) is 11.9. The monoisotopic (exact) mass is 379 g/mol. The lowest BCUT2D eigenvalue weighted by molar-refractivity contribution is -0.135. The molecule has 0 unspecified atom stereocenters. The molecule has 144 valence electrons. The highest BCUT2D eigenvalue weighted by molar-refractivity contribution is 5.87. The molecule has 1 saturated carbocycles. The van der Waals surface area contributed by atoms with Crippen molar-refractivity contribution in [1.29, 1.82) is 0 Å². The molecule has 3 aliphatic heterocycles. The van der Waals surface area contributed by atoms with Gasteiger partial charge in [-0.2, -0.15) is 0 Å². The largest absolute Gasteiger partial charge is 0.454 e. The van der Waals surface area contributed by atoms with Crippen LogP contribution >= 0.6 is 0 Å². The molecule has 1 aliphatic carbocycles. The minimum atomic E-state index is -0.0334. The molecule has 1 saturated heterocycles. The van der Waals surface area contributed by atoms with E-state index in [2.05, 4.69) is 5.32 Å². The standard InChI is InChI=1S/C22H21NO5/c24-22-14-2-1-3-15(22)21(13-5-7-17-19(9-13)28-11-26-17)23-20(14)12-4-6-16-18(8-12)27-10-25-16/h4-9,14-15,20-21,23H,1-3,10-11H2/t14-,15+,20-,21-/m0/s1. The van der Waals surface area contributed by atoms with Gasteiger partial charge in [0.2, 0.25) is 13.6 Å². The van der Waals surface area contributed by atoms with Crippen molar-refractivity contribution in [2.75, 3.05) is 13.6 Å². The van der Waals surface area contributed by atoms with E-state index >= 15 is 0 Å². The molecule has 4 aliphatic rings. The van der Waals surface area contributed by atoms with E-state index in [1.807, 2.05) is 36.4 Å². The van der Waals surface area contributed by atoms with Gasteiger partial charge in [0.15, 0.2) is 23.0 Å². The quantitative estimate of drug-likeness (QED) is 0.861. The van der Waals surface area contributed by atoms with Crippen LogP contribution in [0, 0.1) is 11.8 Å². The molecule has 0 radical (unpaired) electrons. The lowest BCUT2D eigenvalue weighted by atomic mass is 9.67. The Balaban J connectivity index is 1.38. The molecule has 2 bridgehead atoms. The zero-order valence-corrected chi connectivity index (χ0v) is 15.4. The van der Waals surface area contributed by atoms with Gasteiger partial charge in [0, 0.05) is 23.9 Å². The van der Waals surface area contributed by atoms with Gasteiger partial charge in [-0.3, -0.25) is 4.79 Å². The van der Waals surface area contributed by atoms with E-state index in [9.17, 15) is 4.79 Å². The number of Topliss-reactive ketones (excluding diaryl/α,β-unsaturated/α-hetero) is 1. The summed E-state index contributed by atoms with van der Waals surface area (Å²) in [5, 5.41) is 3.79. The normalized spacial score (nSPS) is 29.8. The number of ketones is 1. The summed E-state index contributed by atoms with van der Waals surface area (Å²) in [5.41, 5.74) is 2.15. The van der Waals surface area contributed by atoms with Crippen LogP contribution < -0.4 is 24.3 Å². The van der Waals surface area contributed by atoms with E-state index in [1.165, 1.54) is 0 Å². The van der Waals surface area contributed by atoms with Crippen LogP contribution in [0.15, 0.2) is 36.4 Å². The average molecular weight is 379 g/mol. The van der Waals surface area contributed by atoms with E-state index in [4.69, 9.17) is 18.9 Å². The average Bonchev–Trinajstić information content (AvgIpc) is 3.36. The van der Waals surface area contributed by atoms with Gasteiger partial charge in [-0.1, -0.05) is 18.6 Å². The van der Waals surface area contributed by atoms with Crippen LogP contribution in [-0.4, -0.2) is 19.4 Å². The second-order valence-corrected chi connectivity index (χ2v) is 7.89. The molecule has 0 aromatic heterocycles. The number of benzene rings is 2. The van der Waals surface area contributed by atoms with Gasteiger partial charge in [0.1, 0.15) is 5.78 Å². The van der Waals surface area contributed by atoms with Crippen LogP contribution in [0.2, 0.25) is 0 Å². The number of nitrogens with one attached hydrogen (secondary N) is 1. The molecule has 0 spiro atoms. The first-order chi connectivity index (χ1) is 13.8. The first kappa shape index (κ1) is 16.2. The van der Waals surface area contributed by atoms with E-state index < -0.39 is 0 Å². The van der Waals surface area contributed by atoms with Gasteiger partial charge in [0.25, 0.3) is 0 Å². The van der Waals surface area contributed by atoms with Crippen LogP contribution in [0.4, 0.5) is 0 Å². The van der Waals surface area contributed by atoms with Crippen LogP contribution in [0.5, 0.6) is 23.0 Å². The summed E-state index contributed by atoms with van der Waals surface area (Å²) in [5.74, 6) is 3.41. The van der Waals surface area contributed by atoms with Gasteiger partial charge in [-0.25, -0.2) is 0 Å². The Bertz CT molecular complexity index is 884. The van der Waals surface area contributed by atoms with Crippen LogP contribution in [0.1, 0.15) is 42.5 Å². The molecule has 6 nitrogen and oxygen atoms in total. The van der Waals surface area contributed by atoms with Gasteiger partial charge < -0.3 is 24.3 Å². The van der Waals surface area contributed by atoms with Gasteiger partial charge in [-0.15, -0.1) is 0 Å². The summed E-state index contributed by atoms with van der Waals surface area (Å²) in [4.78, 5) is 13.3. The number of carbonyl (C=O) groups excluding carboxylic acids is 1. The molecule has 1 N–H and O–H groups in total. The third-order valence-electron chi connectivity index (χ3n) is 6.44. The van der Waals surface area contributed by atoms with Gasteiger partial charge >= 0.3 is 0 Å². The predicted molar refractivity (Wildman–Crippen MR) is 99.6 cm³/mol. The zero-order valence-electron chi connectivity index (χ0n) is 15.4. The minimum Gasteiger partial charge on any atom is -0.454 e. The molecule has 2 aromatic rings. The number of ether oxygens (including phenoxy) is 4. The topological polar surface area (TPSA) is 66.0 Å². The molecule has 2 aromatic carbocycles. The number of fused-ring (bicyclic) bond motifs is 4. The Kier molecular flexibility index (Phi) is 3.56. The second-order valence-electron chi connectivity index (χ2n) is 7.89. The maximum absolute atomic E-state index is 13.3. The molecule has 0 amide bonds. The Labute approximate surface area is 162 Å². The summed E-state index contributed by atoms with van der Waals surface area (Å²) in [7, 11) is 0. The third kappa shape index (κ3) is 2.41. The SMILES string of the molecule is O=C1[C@H]2CCC[C@@H]1[C@H](c1ccc3c(c1)OCO3)N[C@H]2c1ccc2c(c1)OCO2. The van der Waals surface area contributed by atoms with Gasteiger partial charge in [0.05, 0.1) is 0 Å². The van der Waals surface area contributed by atoms with Crippen LogP contribution in [0.3, 0.4) is 0 Å². The van der Waals surface area contributed by atoms with E-state index in [0.717, 1.165) is 53.4 Å². The van der Waals surface area contributed by atoms with Crippen molar-refractivity contribution in [1.82, 2.24) is 5.32 Å². The Morgan fingerprint density at radius 2 is 1.21 bits per heavy atom. The lowest BCUT2D eigenvalue weighted by Gasteiger charge is -2.45. The maximum atomic E-state index is 13.3. The highest BCUT2D eigenvalue weighted by Crippen LogP contribution is 2.48. The first-order valence-corrected chi connectivity index (χ1v) is 9.87. The van der Waals surface area contributed by atoms with Crippen LogP contribution in [0.25, 0.3) is 0 Å². The van der Waals surface area contributed by atoms with Crippen molar-refractivity contribution >= 4 is 5.78 Å². The molecule has 4 atom stereocenters. The zero-order chi connectivity index (χ0) is 18.7. The minimum absolute atomic E-state index is 0.00406. The second kappa shape index (κ2) is 6.14. The van der Waals surface area contributed by atoms with Crippen molar-refractivity contribution in [2.45, 2.75) is 31.3 Å². The third-order valence-corrected chi connectivity index (χ3v) is 6.44. The Hall–Kier alpha value is -2.73. The van der Waals surface area contributed by atoms with Crippen molar-refractivity contribution < 1.29 is 23.7 Å². The van der Waals surface area contributed by atoms with Crippen molar-refractivity contribution in [3.05, 3.63) is 47.5 Å². The van der Waals surface area contributed by atoms with Crippen molar-refractivity contribution in [3.8, 4) is 23.0 Å². The summed E-state index contributed by atoms with van der Waals surface area (Å²) >= 11 is 0. The molecule has 6 heteroatoms. The fourth-order valence-corrected chi connectivity index (χ4v) is 5.08. The molecule has 28 heavy (non-hydrogen) atoms. The van der Waals surface area contributed by atoms with Crippen molar-refractivity contribution in [2.24, 2.45) is 11.8 Å². The number of hydrogen-bond acceptors (Lipinski definition) is 6.